The fourth-order valence-electron chi connectivity index (χ4n) is 2.63. The number of azo groups is 1. The standard InChI is InChI=1S/C22H20FN3O3S/c23-17-8-14-21(15-9-17)30(28,29)16-4-7-22(27)24-18-10-12-20(13-11-18)26-25-19-5-2-1-3-6-19/h1-3,5-6,8-15H,4,7,16H2,(H,24,27). The van der Waals surface area contributed by atoms with Crippen molar-refractivity contribution in [3.05, 3.63) is 84.7 Å². The molecule has 30 heavy (non-hydrogen) atoms. The highest BCUT2D eigenvalue weighted by atomic mass is 32.2. The van der Waals surface area contributed by atoms with Crippen molar-refractivity contribution in [3.63, 3.8) is 0 Å². The fraction of sp³-hybridized carbons (Fsp3) is 0.136. The maximum Gasteiger partial charge on any atom is 0.224 e. The van der Waals surface area contributed by atoms with Gasteiger partial charge in [-0.05, 0) is 67.1 Å². The van der Waals surface area contributed by atoms with Gasteiger partial charge in [0.15, 0.2) is 9.84 Å². The number of carbonyl (C=O) groups is 1. The molecule has 8 heteroatoms. The number of benzene rings is 3. The van der Waals surface area contributed by atoms with E-state index in [9.17, 15) is 17.6 Å². The number of hydrogen-bond donors (Lipinski definition) is 1. The van der Waals surface area contributed by atoms with Crippen LogP contribution in [0.15, 0.2) is 94.0 Å². The summed E-state index contributed by atoms with van der Waals surface area (Å²) >= 11 is 0. The number of anilines is 1. The van der Waals surface area contributed by atoms with Crippen molar-refractivity contribution in [1.29, 1.82) is 0 Å². The Morgan fingerprint density at radius 2 is 1.43 bits per heavy atom. The zero-order chi connectivity index (χ0) is 21.4. The first-order valence-corrected chi connectivity index (χ1v) is 10.9. The third kappa shape index (κ3) is 6.31. The van der Waals surface area contributed by atoms with E-state index in [1.807, 2.05) is 30.3 Å². The van der Waals surface area contributed by atoms with Crippen LogP contribution in [0.2, 0.25) is 0 Å². The smallest absolute Gasteiger partial charge is 0.224 e. The molecule has 0 saturated carbocycles. The molecule has 0 aliphatic rings. The summed E-state index contributed by atoms with van der Waals surface area (Å²) in [6, 6.07) is 20.8. The predicted molar refractivity (Wildman–Crippen MR) is 113 cm³/mol. The van der Waals surface area contributed by atoms with Crippen LogP contribution >= 0.6 is 0 Å². The van der Waals surface area contributed by atoms with Crippen LogP contribution in [0, 0.1) is 5.82 Å². The zero-order valence-corrected chi connectivity index (χ0v) is 16.8. The molecule has 0 aromatic heterocycles. The summed E-state index contributed by atoms with van der Waals surface area (Å²) in [5.41, 5.74) is 1.97. The Bertz CT molecular complexity index is 1110. The molecule has 0 fully saturated rings. The van der Waals surface area contributed by atoms with Crippen LogP contribution < -0.4 is 5.32 Å². The first kappa shape index (κ1) is 21.3. The number of rotatable bonds is 8. The molecule has 3 rings (SSSR count). The van der Waals surface area contributed by atoms with Gasteiger partial charge in [-0.25, -0.2) is 12.8 Å². The summed E-state index contributed by atoms with van der Waals surface area (Å²) in [7, 11) is -3.55. The van der Waals surface area contributed by atoms with Gasteiger partial charge in [0.2, 0.25) is 5.91 Å². The second kappa shape index (κ2) is 9.89. The van der Waals surface area contributed by atoms with Crippen molar-refractivity contribution in [2.45, 2.75) is 17.7 Å². The molecule has 3 aromatic carbocycles. The second-order valence-corrected chi connectivity index (χ2v) is 8.62. The Labute approximate surface area is 174 Å². The molecule has 6 nitrogen and oxygen atoms in total. The molecule has 0 atom stereocenters. The third-order valence-corrected chi connectivity index (χ3v) is 5.99. The molecule has 154 valence electrons. The highest BCUT2D eigenvalue weighted by Gasteiger charge is 2.15. The molecule has 0 aliphatic carbocycles. The number of halogens is 1. The molecule has 3 aromatic rings. The topological polar surface area (TPSA) is 88.0 Å². The van der Waals surface area contributed by atoms with Crippen LogP contribution in [0.4, 0.5) is 21.5 Å². The minimum atomic E-state index is -3.55. The largest absolute Gasteiger partial charge is 0.326 e. The van der Waals surface area contributed by atoms with Crippen molar-refractivity contribution in [2.75, 3.05) is 11.1 Å². The summed E-state index contributed by atoms with van der Waals surface area (Å²) in [6.07, 6.45) is 0.213. The Kier molecular flexibility index (Phi) is 7.03. The average Bonchev–Trinajstić information content (AvgIpc) is 2.74. The molecular weight excluding hydrogens is 405 g/mol. The molecular formula is C22H20FN3O3S. The van der Waals surface area contributed by atoms with E-state index in [4.69, 9.17) is 0 Å². The first-order chi connectivity index (χ1) is 14.4. The third-order valence-electron chi connectivity index (χ3n) is 4.18. The SMILES string of the molecule is O=C(CCCS(=O)(=O)c1ccc(F)cc1)Nc1ccc(N=Nc2ccccc2)cc1. The zero-order valence-electron chi connectivity index (χ0n) is 16.0. The number of nitrogens with one attached hydrogen (secondary N) is 1. The number of hydrogen-bond acceptors (Lipinski definition) is 5. The van der Waals surface area contributed by atoms with Gasteiger partial charge in [-0.1, -0.05) is 18.2 Å². The molecule has 0 aliphatic heterocycles. The summed E-state index contributed by atoms with van der Waals surface area (Å²) in [4.78, 5) is 12.1. The van der Waals surface area contributed by atoms with Crippen molar-refractivity contribution < 1.29 is 17.6 Å². The van der Waals surface area contributed by atoms with Gasteiger partial charge in [0, 0.05) is 12.1 Å². The molecule has 0 saturated heterocycles. The molecule has 0 radical (unpaired) electrons. The van der Waals surface area contributed by atoms with Crippen LogP contribution in [0.5, 0.6) is 0 Å². The summed E-state index contributed by atoms with van der Waals surface area (Å²) in [5, 5.41) is 11.0. The van der Waals surface area contributed by atoms with Crippen molar-refractivity contribution in [3.8, 4) is 0 Å². The minimum Gasteiger partial charge on any atom is -0.326 e. The maximum absolute atomic E-state index is 12.9. The van der Waals surface area contributed by atoms with E-state index < -0.39 is 15.7 Å². The molecule has 0 heterocycles. The summed E-state index contributed by atoms with van der Waals surface area (Å²) < 4.78 is 37.3. The predicted octanol–water partition coefficient (Wildman–Crippen LogP) is 5.43. The van der Waals surface area contributed by atoms with E-state index in [2.05, 4.69) is 15.5 Å². The van der Waals surface area contributed by atoms with Crippen LogP contribution in [-0.2, 0) is 14.6 Å². The highest BCUT2D eigenvalue weighted by molar-refractivity contribution is 7.91. The van der Waals surface area contributed by atoms with E-state index in [1.54, 1.807) is 24.3 Å². The van der Waals surface area contributed by atoms with Gasteiger partial charge < -0.3 is 5.32 Å². The van der Waals surface area contributed by atoms with Crippen molar-refractivity contribution in [1.82, 2.24) is 0 Å². The van der Waals surface area contributed by atoms with Crippen LogP contribution in [-0.4, -0.2) is 20.1 Å². The highest BCUT2D eigenvalue weighted by Crippen LogP contribution is 2.20. The molecule has 0 spiro atoms. The van der Waals surface area contributed by atoms with Gasteiger partial charge >= 0.3 is 0 Å². The first-order valence-electron chi connectivity index (χ1n) is 9.27. The van der Waals surface area contributed by atoms with Gasteiger partial charge in [0.25, 0.3) is 0 Å². The Balaban J connectivity index is 1.48. The summed E-state index contributed by atoms with van der Waals surface area (Å²) in [6.45, 7) is 0. The number of carbonyl (C=O) groups excluding carboxylic acids is 1. The van der Waals surface area contributed by atoms with E-state index in [1.165, 1.54) is 12.1 Å². The maximum atomic E-state index is 12.9. The van der Waals surface area contributed by atoms with Crippen LogP contribution in [0.25, 0.3) is 0 Å². The lowest BCUT2D eigenvalue weighted by Crippen LogP contribution is -2.14. The lowest BCUT2D eigenvalue weighted by molar-refractivity contribution is -0.116. The van der Waals surface area contributed by atoms with Gasteiger partial charge in [0.1, 0.15) is 5.82 Å². The average molecular weight is 425 g/mol. The van der Waals surface area contributed by atoms with E-state index in [0.717, 1.165) is 17.8 Å². The molecule has 1 amide bonds. The minimum absolute atomic E-state index is 0.0459. The van der Waals surface area contributed by atoms with E-state index in [0.29, 0.717) is 11.4 Å². The second-order valence-electron chi connectivity index (χ2n) is 6.51. The monoisotopic (exact) mass is 425 g/mol. The van der Waals surface area contributed by atoms with Crippen LogP contribution in [0.1, 0.15) is 12.8 Å². The van der Waals surface area contributed by atoms with Gasteiger partial charge in [0.05, 0.1) is 22.0 Å². The number of amides is 1. The van der Waals surface area contributed by atoms with Gasteiger partial charge in [-0.3, -0.25) is 4.79 Å². The normalized spacial score (nSPS) is 11.5. The van der Waals surface area contributed by atoms with Crippen molar-refractivity contribution >= 4 is 32.8 Å². The molecule has 1 N–H and O–H groups in total. The van der Waals surface area contributed by atoms with Crippen molar-refractivity contribution in [2.24, 2.45) is 10.2 Å². The molecule has 0 unspecified atom stereocenters. The van der Waals surface area contributed by atoms with Gasteiger partial charge in [-0.2, -0.15) is 10.2 Å². The fourth-order valence-corrected chi connectivity index (χ4v) is 3.94. The van der Waals surface area contributed by atoms with E-state index in [-0.39, 0.29) is 29.4 Å². The number of nitrogens with zero attached hydrogens (tertiary/aromatic N) is 2. The quantitative estimate of drug-likeness (QED) is 0.385. The lowest BCUT2D eigenvalue weighted by Gasteiger charge is -2.06. The van der Waals surface area contributed by atoms with E-state index >= 15 is 0 Å². The van der Waals surface area contributed by atoms with Gasteiger partial charge in [-0.15, -0.1) is 0 Å². The Morgan fingerprint density at radius 1 is 0.833 bits per heavy atom. The van der Waals surface area contributed by atoms with Crippen LogP contribution in [0.3, 0.4) is 0 Å². The lowest BCUT2D eigenvalue weighted by atomic mass is 10.2. The Morgan fingerprint density at radius 3 is 2.07 bits per heavy atom. The molecule has 0 bridgehead atoms. The Hall–Kier alpha value is -3.39. The summed E-state index contributed by atoms with van der Waals surface area (Å²) in [5.74, 6) is -0.978. The number of sulfone groups is 1.